The van der Waals surface area contributed by atoms with Gasteiger partial charge in [-0.15, -0.1) is 0 Å². The smallest absolute Gasteiger partial charge is 0.230 e. The number of anilines is 1. The average molecular weight is 483 g/mol. The zero-order chi connectivity index (χ0) is 15.5. The van der Waals surface area contributed by atoms with Crippen LogP contribution in [0.2, 0.25) is 0 Å². The Labute approximate surface area is 151 Å². The molecule has 1 aliphatic heterocycles. The molecule has 0 spiro atoms. The number of amides is 1. The summed E-state index contributed by atoms with van der Waals surface area (Å²) in [4.78, 5) is 12.9. The maximum atomic E-state index is 12.9. The third-order valence-corrected chi connectivity index (χ3v) is 5.72. The molecule has 0 aromatic heterocycles. The van der Waals surface area contributed by atoms with Crippen LogP contribution in [-0.2, 0) is 4.79 Å². The van der Waals surface area contributed by atoms with Gasteiger partial charge in [-0.2, -0.15) is 0 Å². The summed E-state index contributed by atoms with van der Waals surface area (Å²) in [7, 11) is 0. The Morgan fingerprint density at radius 2 is 1.81 bits per heavy atom. The topological polar surface area (TPSA) is 41.1 Å². The Hall–Kier alpha value is 0.0900. The highest BCUT2D eigenvalue weighted by atomic mass is 79.9. The van der Waals surface area contributed by atoms with E-state index in [9.17, 15) is 4.79 Å². The van der Waals surface area contributed by atoms with Gasteiger partial charge in [0.2, 0.25) is 5.91 Å². The van der Waals surface area contributed by atoms with E-state index in [1.807, 2.05) is 12.1 Å². The van der Waals surface area contributed by atoms with Crippen LogP contribution < -0.4 is 10.6 Å². The molecule has 1 saturated heterocycles. The molecule has 1 heterocycles. The molecule has 21 heavy (non-hydrogen) atoms. The molecule has 0 saturated carbocycles. The number of benzene rings is 1. The lowest BCUT2D eigenvalue weighted by Crippen LogP contribution is -2.45. The molecular formula is C15H19Br3N2O. The van der Waals surface area contributed by atoms with Crippen LogP contribution in [0.1, 0.15) is 32.6 Å². The van der Waals surface area contributed by atoms with Crippen LogP contribution in [0.15, 0.2) is 25.6 Å². The summed E-state index contributed by atoms with van der Waals surface area (Å²) in [6.45, 7) is 3.97. The summed E-state index contributed by atoms with van der Waals surface area (Å²) in [6.07, 6.45) is 3.76. The Bertz CT molecular complexity index is 499. The van der Waals surface area contributed by atoms with Gasteiger partial charge in [-0.25, -0.2) is 0 Å². The molecule has 0 unspecified atom stereocenters. The minimum absolute atomic E-state index is 0.134. The molecular weight excluding hydrogens is 464 g/mol. The zero-order valence-electron chi connectivity index (χ0n) is 11.9. The maximum Gasteiger partial charge on any atom is 0.230 e. The highest BCUT2D eigenvalue weighted by Gasteiger charge is 2.38. The third-order valence-electron chi connectivity index (χ3n) is 4.02. The number of piperidine rings is 1. The van der Waals surface area contributed by atoms with Crippen molar-refractivity contribution >= 4 is 59.4 Å². The summed E-state index contributed by atoms with van der Waals surface area (Å²) in [5, 5.41) is 6.46. The first-order chi connectivity index (χ1) is 9.98. The highest BCUT2D eigenvalue weighted by molar-refractivity contribution is 9.11. The highest BCUT2D eigenvalue weighted by Crippen LogP contribution is 2.39. The second-order valence-electron chi connectivity index (χ2n) is 5.48. The van der Waals surface area contributed by atoms with Gasteiger partial charge in [0, 0.05) is 13.4 Å². The summed E-state index contributed by atoms with van der Waals surface area (Å²) in [6, 6.07) is 3.88. The molecule has 116 valence electrons. The summed E-state index contributed by atoms with van der Waals surface area (Å²) in [5.41, 5.74) is 0.559. The van der Waals surface area contributed by atoms with E-state index in [1.54, 1.807) is 0 Å². The molecule has 6 heteroatoms. The number of hydrogen-bond acceptors (Lipinski definition) is 2. The van der Waals surface area contributed by atoms with E-state index < -0.39 is 0 Å². The predicted molar refractivity (Wildman–Crippen MR) is 97.6 cm³/mol. The van der Waals surface area contributed by atoms with E-state index in [4.69, 9.17) is 0 Å². The summed E-state index contributed by atoms with van der Waals surface area (Å²) < 4.78 is 2.71. The summed E-state index contributed by atoms with van der Waals surface area (Å²) >= 11 is 10.5. The fourth-order valence-electron chi connectivity index (χ4n) is 2.88. The van der Waals surface area contributed by atoms with Crippen LogP contribution in [0.25, 0.3) is 0 Å². The fourth-order valence-corrected chi connectivity index (χ4v) is 5.34. The third kappa shape index (κ3) is 4.09. The number of carbonyl (C=O) groups excluding carboxylic acids is 1. The Kier molecular flexibility index (Phi) is 6.29. The molecule has 2 rings (SSSR count). The molecule has 1 aromatic carbocycles. The molecule has 0 bridgehead atoms. The first-order valence-electron chi connectivity index (χ1n) is 7.15. The van der Waals surface area contributed by atoms with Gasteiger partial charge in [0.15, 0.2) is 0 Å². The molecule has 0 aliphatic carbocycles. The van der Waals surface area contributed by atoms with Crippen molar-refractivity contribution in [2.24, 2.45) is 5.41 Å². The summed E-state index contributed by atoms with van der Waals surface area (Å²) in [5.74, 6) is 0.134. The van der Waals surface area contributed by atoms with Gasteiger partial charge < -0.3 is 10.6 Å². The van der Waals surface area contributed by atoms with Crippen molar-refractivity contribution < 1.29 is 4.79 Å². The quantitative estimate of drug-likeness (QED) is 0.628. The Morgan fingerprint density at radius 3 is 2.33 bits per heavy atom. The maximum absolute atomic E-state index is 12.9. The van der Waals surface area contributed by atoms with E-state index in [1.165, 1.54) is 0 Å². The van der Waals surface area contributed by atoms with Crippen LogP contribution >= 0.6 is 47.8 Å². The molecule has 0 radical (unpaired) electrons. The second kappa shape index (κ2) is 7.57. The van der Waals surface area contributed by atoms with Gasteiger partial charge in [-0.05, 0) is 76.3 Å². The number of rotatable bonds is 4. The minimum atomic E-state index is -0.244. The van der Waals surface area contributed by atoms with E-state index >= 15 is 0 Å². The first kappa shape index (κ1) is 17.4. The molecule has 2 N–H and O–H groups in total. The number of hydrogen-bond donors (Lipinski definition) is 2. The lowest BCUT2D eigenvalue weighted by Gasteiger charge is -2.36. The number of carbonyl (C=O) groups is 1. The first-order valence-corrected chi connectivity index (χ1v) is 9.53. The van der Waals surface area contributed by atoms with Gasteiger partial charge in [0.1, 0.15) is 0 Å². The fraction of sp³-hybridized carbons (Fsp3) is 0.533. The van der Waals surface area contributed by atoms with Crippen LogP contribution in [0.4, 0.5) is 5.69 Å². The van der Waals surface area contributed by atoms with Crippen LogP contribution in [0, 0.1) is 5.41 Å². The van der Waals surface area contributed by atoms with Gasteiger partial charge in [0.25, 0.3) is 0 Å². The van der Waals surface area contributed by atoms with Crippen molar-refractivity contribution in [3.05, 3.63) is 25.6 Å². The van der Waals surface area contributed by atoms with Gasteiger partial charge in [-0.3, -0.25) is 4.79 Å². The van der Waals surface area contributed by atoms with Crippen molar-refractivity contribution in [2.75, 3.05) is 18.4 Å². The standard InChI is InChI=1S/C15H19Br3N2O/c1-2-3-15(4-6-19-7-5-15)14(21)20-13-11(17)8-10(16)9-12(13)18/h8-9,19H,2-7H2,1H3,(H,20,21). The van der Waals surface area contributed by atoms with Gasteiger partial charge in [-0.1, -0.05) is 29.3 Å². The van der Waals surface area contributed by atoms with E-state index in [2.05, 4.69) is 65.3 Å². The lowest BCUT2D eigenvalue weighted by molar-refractivity contribution is -0.127. The van der Waals surface area contributed by atoms with Gasteiger partial charge in [0.05, 0.1) is 11.1 Å². The second-order valence-corrected chi connectivity index (χ2v) is 8.10. The van der Waals surface area contributed by atoms with E-state index in [-0.39, 0.29) is 11.3 Å². The van der Waals surface area contributed by atoms with Crippen LogP contribution in [0.5, 0.6) is 0 Å². The molecule has 0 atom stereocenters. The molecule has 1 amide bonds. The number of nitrogens with one attached hydrogen (secondary N) is 2. The molecule has 1 aromatic rings. The number of halogens is 3. The molecule has 3 nitrogen and oxygen atoms in total. The van der Waals surface area contributed by atoms with E-state index in [0.717, 1.165) is 57.9 Å². The van der Waals surface area contributed by atoms with Crippen LogP contribution in [0.3, 0.4) is 0 Å². The Morgan fingerprint density at radius 1 is 1.24 bits per heavy atom. The lowest BCUT2D eigenvalue weighted by atomic mass is 9.74. The average Bonchev–Trinajstić information content (AvgIpc) is 2.44. The van der Waals surface area contributed by atoms with Crippen molar-refractivity contribution in [3.8, 4) is 0 Å². The monoisotopic (exact) mass is 480 g/mol. The van der Waals surface area contributed by atoms with Crippen molar-refractivity contribution in [1.82, 2.24) is 5.32 Å². The van der Waals surface area contributed by atoms with Crippen molar-refractivity contribution in [2.45, 2.75) is 32.6 Å². The van der Waals surface area contributed by atoms with Crippen molar-refractivity contribution in [1.29, 1.82) is 0 Å². The van der Waals surface area contributed by atoms with Gasteiger partial charge >= 0.3 is 0 Å². The minimum Gasteiger partial charge on any atom is -0.324 e. The SMILES string of the molecule is CCCC1(C(=O)Nc2c(Br)cc(Br)cc2Br)CCNCC1. The van der Waals surface area contributed by atoms with E-state index in [0.29, 0.717) is 0 Å². The molecule has 1 aliphatic rings. The van der Waals surface area contributed by atoms with Crippen molar-refractivity contribution in [3.63, 3.8) is 0 Å². The normalized spacial score (nSPS) is 17.5. The largest absolute Gasteiger partial charge is 0.324 e. The Balaban J connectivity index is 2.23. The zero-order valence-corrected chi connectivity index (χ0v) is 16.7. The predicted octanol–water partition coefficient (Wildman–Crippen LogP) is 5.08. The van der Waals surface area contributed by atoms with Crippen LogP contribution in [-0.4, -0.2) is 19.0 Å². The molecule has 1 fully saturated rings.